The van der Waals surface area contributed by atoms with E-state index in [4.69, 9.17) is 5.73 Å². The smallest absolute Gasteiger partial charge is 0.255 e. The second kappa shape index (κ2) is 5.57. The summed E-state index contributed by atoms with van der Waals surface area (Å²) < 4.78 is 0. The van der Waals surface area contributed by atoms with Crippen LogP contribution in [-0.2, 0) is 6.42 Å². The molecule has 0 heterocycles. The number of benzene rings is 2. The third-order valence-electron chi connectivity index (χ3n) is 3.13. The number of hydrogen-bond acceptors (Lipinski definition) is 2. The van der Waals surface area contributed by atoms with E-state index in [1.54, 1.807) is 6.07 Å². The van der Waals surface area contributed by atoms with Crippen LogP contribution in [0.5, 0.6) is 0 Å². The van der Waals surface area contributed by atoms with E-state index in [1.807, 2.05) is 43.3 Å². The standard InChI is InChI=1S/C16H18N2O/c1-3-12-5-7-13(8-6-12)16(19)18-15-10-14(17)9-4-11(15)2/h4-10H,3,17H2,1-2H3,(H,18,19). The van der Waals surface area contributed by atoms with E-state index in [-0.39, 0.29) is 5.91 Å². The Balaban J connectivity index is 2.18. The van der Waals surface area contributed by atoms with Crippen LogP contribution >= 0.6 is 0 Å². The maximum Gasteiger partial charge on any atom is 0.255 e. The molecular formula is C16H18N2O. The fourth-order valence-corrected chi connectivity index (χ4v) is 1.86. The number of nitrogens with one attached hydrogen (secondary N) is 1. The van der Waals surface area contributed by atoms with Crippen molar-refractivity contribution >= 4 is 17.3 Å². The van der Waals surface area contributed by atoms with Crippen molar-refractivity contribution in [3.05, 3.63) is 59.2 Å². The van der Waals surface area contributed by atoms with Gasteiger partial charge >= 0.3 is 0 Å². The lowest BCUT2D eigenvalue weighted by Gasteiger charge is -2.09. The molecule has 2 aromatic rings. The fourth-order valence-electron chi connectivity index (χ4n) is 1.86. The van der Waals surface area contributed by atoms with E-state index in [2.05, 4.69) is 12.2 Å². The zero-order valence-corrected chi connectivity index (χ0v) is 11.2. The van der Waals surface area contributed by atoms with Crippen LogP contribution in [0.15, 0.2) is 42.5 Å². The van der Waals surface area contributed by atoms with Crippen molar-refractivity contribution in [3.8, 4) is 0 Å². The predicted molar refractivity (Wildman–Crippen MR) is 79.4 cm³/mol. The zero-order chi connectivity index (χ0) is 13.8. The summed E-state index contributed by atoms with van der Waals surface area (Å²) in [4.78, 5) is 12.1. The Morgan fingerprint density at radius 3 is 2.47 bits per heavy atom. The van der Waals surface area contributed by atoms with Crippen LogP contribution in [0.1, 0.15) is 28.4 Å². The van der Waals surface area contributed by atoms with Crippen molar-refractivity contribution in [1.29, 1.82) is 0 Å². The van der Waals surface area contributed by atoms with Crippen LogP contribution in [-0.4, -0.2) is 5.91 Å². The van der Waals surface area contributed by atoms with Crippen molar-refractivity contribution in [1.82, 2.24) is 0 Å². The molecule has 0 saturated heterocycles. The molecule has 0 saturated carbocycles. The lowest BCUT2D eigenvalue weighted by Crippen LogP contribution is -2.13. The number of amides is 1. The summed E-state index contributed by atoms with van der Waals surface area (Å²) in [6.45, 7) is 4.03. The highest BCUT2D eigenvalue weighted by atomic mass is 16.1. The van der Waals surface area contributed by atoms with Crippen LogP contribution in [0.3, 0.4) is 0 Å². The average Bonchev–Trinajstić information content (AvgIpc) is 2.43. The van der Waals surface area contributed by atoms with Gasteiger partial charge in [0.05, 0.1) is 0 Å². The number of hydrogen-bond donors (Lipinski definition) is 2. The molecule has 1 amide bonds. The van der Waals surface area contributed by atoms with Gasteiger partial charge in [0, 0.05) is 16.9 Å². The molecule has 2 aromatic carbocycles. The molecule has 0 unspecified atom stereocenters. The van der Waals surface area contributed by atoms with E-state index < -0.39 is 0 Å². The number of nitrogens with two attached hydrogens (primary N) is 1. The van der Waals surface area contributed by atoms with Gasteiger partial charge in [-0.2, -0.15) is 0 Å². The minimum Gasteiger partial charge on any atom is -0.399 e. The maximum absolute atomic E-state index is 12.1. The van der Waals surface area contributed by atoms with Gasteiger partial charge < -0.3 is 11.1 Å². The number of carbonyl (C=O) groups is 1. The van der Waals surface area contributed by atoms with Gasteiger partial charge in [-0.1, -0.05) is 25.1 Å². The highest BCUT2D eigenvalue weighted by Gasteiger charge is 2.07. The molecule has 0 fully saturated rings. The van der Waals surface area contributed by atoms with Crippen LogP contribution < -0.4 is 11.1 Å². The molecule has 3 N–H and O–H groups in total. The minimum absolute atomic E-state index is 0.114. The van der Waals surface area contributed by atoms with Gasteiger partial charge in [0.1, 0.15) is 0 Å². The highest BCUT2D eigenvalue weighted by Crippen LogP contribution is 2.19. The Morgan fingerprint density at radius 1 is 1.16 bits per heavy atom. The van der Waals surface area contributed by atoms with E-state index >= 15 is 0 Å². The van der Waals surface area contributed by atoms with Gasteiger partial charge in [0.15, 0.2) is 0 Å². The van der Waals surface area contributed by atoms with Gasteiger partial charge in [-0.05, 0) is 48.7 Å². The number of rotatable bonds is 3. The predicted octanol–water partition coefficient (Wildman–Crippen LogP) is 3.39. The van der Waals surface area contributed by atoms with Gasteiger partial charge in [0.2, 0.25) is 0 Å². The Kier molecular flexibility index (Phi) is 3.85. The van der Waals surface area contributed by atoms with Crippen LogP contribution in [0.4, 0.5) is 11.4 Å². The number of carbonyl (C=O) groups excluding carboxylic acids is 1. The van der Waals surface area contributed by atoms with Crippen LogP contribution in [0.2, 0.25) is 0 Å². The first-order valence-electron chi connectivity index (χ1n) is 6.36. The van der Waals surface area contributed by atoms with E-state index in [0.717, 1.165) is 17.7 Å². The first-order valence-corrected chi connectivity index (χ1v) is 6.36. The topological polar surface area (TPSA) is 55.1 Å². The second-order valence-electron chi connectivity index (χ2n) is 4.58. The van der Waals surface area contributed by atoms with Crippen molar-refractivity contribution in [2.45, 2.75) is 20.3 Å². The van der Waals surface area contributed by atoms with Crippen molar-refractivity contribution < 1.29 is 4.79 Å². The largest absolute Gasteiger partial charge is 0.399 e. The first kappa shape index (κ1) is 13.1. The summed E-state index contributed by atoms with van der Waals surface area (Å²) in [6.07, 6.45) is 0.968. The Labute approximate surface area is 113 Å². The molecule has 0 aliphatic carbocycles. The average molecular weight is 254 g/mol. The Morgan fingerprint density at radius 2 is 1.84 bits per heavy atom. The lowest BCUT2D eigenvalue weighted by molar-refractivity contribution is 0.102. The molecule has 19 heavy (non-hydrogen) atoms. The van der Waals surface area contributed by atoms with Crippen molar-refractivity contribution in [3.63, 3.8) is 0 Å². The molecule has 0 aromatic heterocycles. The molecule has 3 nitrogen and oxygen atoms in total. The summed E-state index contributed by atoms with van der Waals surface area (Å²) in [7, 11) is 0. The molecule has 3 heteroatoms. The summed E-state index contributed by atoms with van der Waals surface area (Å²) in [5.41, 5.74) is 9.99. The normalized spacial score (nSPS) is 10.2. The number of nitrogen functional groups attached to an aromatic ring is 1. The van der Waals surface area contributed by atoms with Gasteiger partial charge in [-0.3, -0.25) is 4.79 Å². The molecule has 0 atom stereocenters. The van der Waals surface area contributed by atoms with Gasteiger partial charge in [0.25, 0.3) is 5.91 Å². The summed E-state index contributed by atoms with van der Waals surface area (Å²) >= 11 is 0. The molecule has 98 valence electrons. The lowest BCUT2D eigenvalue weighted by atomic mass is 10.1. The van der Waals surface area contributed by atoms with E-state index in [0.29, 0.717) is 11.3 Å². The summed E-state index contributed by atoms with van der Waals surface area (Å²) in [5.74, 6) is -0.114. The maximum atomic E-state index is 12.1. The molecule has 0 radical (unpaired) electrons. The first-order chi connectivity index (χ1) is 9.10. The number of anilines is 2. The Bertz CT molecular complexity index is 588. The molecule has 0 aliphatic rings. The Hall–Kier alpha value is -2.29. The quantitative estimate of drug-likeness (QED) is 0.825. The van der Waals surface area contributed by atoms with Crippen molar-refractivity contribution in [2.24, 2.45) is 0 Å². The van der Waals surface area contributed by atoms with Gasteiger partial charge in [-0.15, -0.1) is 0 Å². The SMILES string of the molecule is CCc1ccc(C(=O)Nc2cc(N)ccc2C)cc1. The second-order valence-corrected chi connectivity index (χ2v) is 4.58. The summed E-state index contributed by atoms with van der Waals surface area (Å²) in [5, 5.41) is 2.89. The fraction of sp³-hybridized carbons (Fsp3) is 0.188. The highest BCUT2D eigenvalue weighted by molar-refractivity contribution is 6.04. The van der Waals surface area contributed by atoms with Crippen LogP contribution in [0, 0.1) is 6.92 Å². The van der Waals surface area contributed by atoms with Crippen LogP contribution in [0.25, 0.3) is 0 Å². The zero-order valence-electron chi connectivity index (χ0n) is 11.2. The molecule has 0 bridgehead atoms. The van der Waals surface area contributed by atoms with E-state index in [1.165, 1.54) is 5.56 Å². The van der Waals surface area contributed by atoms with E-state index in [9.17, 15) is 4.79 Å². The number of aryl methyl sites for hydroxylation is 2. The minimum atomic E-state index is -0.114. The molecule has 0 aliphatic heterocycles. The molecule has 0 spiro atoms. The third-order valence-corrected chi connectivity index (χ3v) is 3.13. The van der Waals surface area contributed by atoms with Gasteiger partial charge in [-0.25, -0.2) is 0 Å². The molecule has 2 rings (SSSR count). The monoisotopic (exact) mass is 254 g/mol. The van der Waals surface area contributed by atoms with Crippen molar-refractivity contribution in [2.75, 3.05) is 11.1 Å². The molecular weight excluding hydrogens is 236 g/mol. The third kappa shape index (κ3) is 3.13. The summed E-state index contributed by atoms with van der Waals surface area (Å²) in [6, 6.07) is 13.1.